The predicted molar refractivity (Wildman–Crippen MR) is 71.1 cm³/mol. The molecule has 3 nitrogen and oxygen atoms in total. The summed E-state index contributed by atoms with van der Waals surface area (Å²) in [6.07, 6.45) is 3.04. The van der Waals surface area contributed by atoms with Crippen molar-refractivity contribution in [2.75, 3.05) is 19.8 Å². The van der Waals surface area contributed by atoms with E-state index in [-0.39, 0.29) is 0 Å². The van der Waals surface area contributed by atoms with Gasteiger partial charge < -0.3 is 15.0 Å². The van der Waals surface area contributed by atoms with Crippen molar-refractivity contribution >= 4 is 10.9 Å². The van der Waals surface area contributed by atoms with Gasteiger partial charge in [-0.05, 0) is 43.0 Å². The Kier molecular flexibility index (Phi) is 4.59. The fourth-order valence-corrected chi connectivity index (χ4v) is 1.88. The average Bonchev–Trinajstić information content (AvgIpc) is 2.81. The number of benzene rings is 1. The Labute approximate surface area is 102 Å². The Bertz CT molecular complexity index is 450. The SMILES string of the molecule is CCOCCCNCc1ccc2cc[nH]c2c1. The van der Waals surface area contributed by atoms with E-state index in [4.69, 9.17) is 4.74 Å². The molecule has 0 aliphatic heterocycles. The molecule has 0 aliphatic carbocycles. The van der Waals surface area contributed by atoms with Crippen LogP contribution in [0.1, 0.15) is 18.9 Å². The third kappa shape index (κ3) is 3.58. The van der Waals surface area contributed by atoms with Gasteiger partial charge in [0.2, 0.25) is 0 Å². The van der Waals surface area contributed by atoms with Crippen LogP contribution in [0.3, 0.4) is 0 Å². The van der Waals surface area contributed by atoms with E-state index in [0.29, 0.717) is 0 Å². The van der Waals surface area contributed by atoms with E-state index < -0.39 is 0 Å². The van der Waals surface area contributed by atoms with Crippen molar-refractivity contribution in [2.24, 2.45) is 0 Å². The van der Waals surface area contributed by atoms with Gasteiger partial charge in [-0.3, -0.25) is 0 Å². The van der Waals surface area contributed by atoms with Crippen LogP contribution in [-0.4, -0.2) is 24.7 Å². The van der Waals surface area contributed by atoms with Gasteiger partial charge in [-0.25, -0.2) is 0 Å². The average molecular weight is 232 g/mol. The highest BCUT2D eigenvalue weighted by Crippen LogP contribution is 2.13. The smallest absolute Gasteiger partial charge is 0.0477 e. The van der Waals surface area contributed by atoms with E-state index in [2.05, 4.69) is 34.6 Å². The first-order chi connectivity index (χ1) is 8.40. The summed E-state index contributed by atoms with van der Waals surface area (Å²) in [5.74, 6) is 0. The van der Waals surface area contributed by atoms with Crippen LogP contribution in [0.2, 0.25) is 0 Å². The quantitative estimate of drug-likeness (QED) is 0.720. The van der Waals surface area contributed by atoms with Gasteiger partial charge in [0.25, 0.3) is 0 Å². The van der Waals surface area contributed by atoms with Gasteiger partial charge in [0.05, 0.1) is 0 Å². The molecule has 0 bridgehead atoms. The summed E-state index contributed by atoms with van der Waals surface area (Å²) < 4.78 is 5.29. The molecule has 1 aromatic heterocycles. The fraction of sp³-hybridized carbons (Fsp3) is 0.429. The number of hydrogen-bond acceptors (Lipinski definition) is 2. The van der Waals surface area contributed by atoms with Gasteiger partial charge in [0, 0.05) is 31.5 Å². The molecule has 1 heterocycles. The summed E-state index contributed by atoms with van der Waals surface area (Å²) in [6, 6.07) is 8.62. The number of fused-ring (bicyclic) bond motifs is 1. The zero-order valence-electron chi connectivity index (χ0n) is 10.3. The highest BCUT2D eigenvalue weighted by atomic mass is 16.5. The second-order valence-electron chi connectivity index (χ2n) is 4.13. The lowest BCUT2D eigenvalue weighted by Gasteiger charge is -2.05. The molecule has 2 rings (SSSR count). The van der Waals surface area contributed by atoms with Gasteiger partial charge in [-0.2, -0.15) is 0 Å². The molecule has 0 fully saturated rings. The number of nitrogens with one attached hydrogen (secondary N) is 2. The van der Waals surface area contributed by atoms with Crippen molar-refractivity contribution in [1.82, 2.24) is 10.3 Å². The van der Waals surface area contributed by atoms with Gasteiger partial charge >= 0.3 is 0 Å². The maximum Gasteiger partial charge on any atom is 0.0477 e. The number of rotatable bonds is 7. The number of ether oxygens (including phenoxy) is 1. The van der Waals surface area contributed by atoms with E-state index in [1.165, 1.54) is 16.5 Å². The molecule has 0 saturated heterocycles. The minimum atomic E-state index is 0.809. The van der Waals surface area contributed by atoms with Crippen LogP contribution in [0.4, 0.5) is 0 Å². The molecule has 2 N–H and O–H groups in total. The van der Waals surface area contributed by atoms with Crippen LogP contribution in [-0.2, 0) is 11.3 Å². The van der Waals surface area contributed by atoms with Crippen molar-refractivity contribution in [2.45, 2.75) is 19.9 Å². The third-order valence-corrected chi connectivity index (χ3v) is 2.79. The summed E-state index contributed by atoms with van der Waals surface area (Å²) in [7, 11) is 0. The minimum Gasteiger partial charge on any atom is -0.382 e. The lowest BCUT2D eigenvalue weighted by atomic mass is 10.1. The van der Waals surface area contributed by atoms with E-state index >= 15 is 0 Å². The fourth-order valence-electron chi connectivity index (χ4n) is 1.88. The van der Waals surface area contributed by atoms with E-state index in [0.717, 1.165) is 32.7 Å². The summed E-state index contributed by atoms with van der Waals surface area (Å²) in [5, 5.41) is 4.69. The molecule has 0 aliphatic rings. The van der Waals surface area contributed by atoms with E-state index in [9.17, 15) is 0 Å². The minimum absolute atomic E-state index is 0.809. The Balaban J connectivity index is 1.75. The summed E-state index contributed by atoms with van der Waals surface area (Å²) in [4.78, 5) is 3.23. The van der Waals surface area contributed by atoms with Gasteiger partial charge in [0.1, 0.15) is 0 Å². The molecular weight excluding hydrogens is 212 g/mol. The van der Waals surface area contributed by atoms with Crippen molar-refractivity contribution in [1.29, 1.82) is 0 Å². The third-order valence-electron chi connectivity index (χ3n) is 2.79. The molecule has 0 radical (unpaired) electrons. The Hall–Kier alpha value is -1.32. The number of hydrogen-bond donors (Lipinski definition) is 2. The maximum atomic E-state index is 5.29. The lowest BCUT2D eigenvalue weighted by Crippen LogP contribution is -2.16. The normalized spacial score (nSPS) is 11.1. The van der Waals surface area contributed by atoms with Gasteiger partial charge in [-0.15, -0.1) is 0 Å². The van der Waals surface area contributed by atoms with E-state index in [1.54, 1.807) is 0 Å². The van der Waals surface area contributed by atoms with Crippen LogP contribution in [0.5, 0.6) is 0 Å². The van der Waals surface area contributed by atoms with Crippen molar-refractivity contribution in [3.8, 4) is 0 Å². The number of H-pyrrole nitrogens is 1. The van der Waals surface area contributed by atoms with Crippen LogP contribution in [0, 0.1) is 0 Å². The molecule has 0 spiro atoms. The second kappa shape index (κ2) is 6.42. The molecule has 2 aromatic rings. The molecule has 0 unspecified atom stereocenters. The molecule has 0 saturated carbocycles. The van der Waals surface area contributed by atoms with Crippen LogP contribution < -0.4 is 5.32 Å². The van der Waals surface area contributed by atoms with Gasteiger partial charge in [-0.1, -0.05) is 12.1 Å². The Morgan fingerprint density at radius 1 is 1.29 bits per heavy atom. The Morgan fingerprint density at radius 2 is 2.24 bits per heavy atom. The summed E-state index contributed by atoms with van der Waals surface area (Å²) in [5.41, 5.74) is 2.52. The lowest BCUT2D eigenvalue weighted by molar-refractivity contribution is 0.144. The van der Waals surface area contributed by atoms with Crippen molar-refractivity contribution in [3.05, 3.63) is 36.0 Å². The number of aromatic nitrogens is 1. The first-order valence-electron chi connectivity index (χ1n) is 6.24. The molecule has 92 valence electrons. The van der Waals surface area contributed by atoms with Crippen molar-refractivity contribution < 1.29 is 4.74 Å². The first kappa shape index (κ1) is 12.1. The number of aromatic amines is 1. The standard InChI is InChI=1S/C14H20N2O/c1-2-17-9-3-7-15-11-12-4-5-13-6-8-16-14(13)10-12/h4-6,8,10,15-16H,2-3,7,9,11H2,1H3. The van der Waals surface area contributed by atoms with Crippen LogP contribution in [0.15, 0.2) is 30.5 Å². The molecule has 3 heteroatoms. The zero-order chi connectivity index (χ0) is 11.9. The summed E-state index contributed by atoms with van der Waals surface area (Å²) >= 11 is 0. The van der Waals surface area contributed by atoms with Gasteiger partial charge in [0.15, 0.2) is 0 Å². The van der Waals surface area contributed by atoms with Crippen LogP contribution in [0.25, 0.3) is 10.9 Å². The monoisotopic (exact) mass is 232 g/mol. The van der Waals surface area contributed by atoms with Crippen molar-refractivity contribution in [3.63, 3.8) is 0 Å². The summed E-state index contributed by atoms with van der Waals surface area (Å²) in [6.45, 7) is 5.60. The largest absolute Gasteiger partial charge is 0.382 e. The molecule has 0 amide bonds. The van der Waals surface area contributed by atoms with E-state index in [1.807, 2.05) is 13.1 Å². The van der Waals surface area contributed by atoms with Crippen LogP contribution >= 0.6 is 0 Å². The molecule has 1 aromatic carbocycles. The molecule has 0 atom stereocenters. The molecule has 17 heavy (non-hydrogen) atoms. The first-order valence-corrected chi connectivity index (χ1v) is 6.24. The Morgan fingerprint density at radius 3 is 3.12 bits per heavy atom. The predicted octanol–water partition coefficient (Wildman–Crippen LogP) is 2.68. The zero-order valence-corrected chi connectivity index (χ0v) is 10.3. The second-order valence-corrected chi connectivity index (χ2v) is 4.13. The highest BCUT2D eigenvalue weighted by molar-refractivity contribution is 5.79. The maximum absolute atomic E-state index is 5.29. The highest BCUT2D eigenvalue weighted by Gasteiger charge is 1.97. The topological polar surface area (TPSA) is 37.0 Å². The molecular formula is C14H20N2O.